The van der Waals surface area contributed by atoms with Crippen LogP contribution in [-0.2, 0) is 18.4 Å². The average molecular weight is 324 g/mol. The summed E-state index contributed by atoms with van der Waals surface area (Å²) in [5.41, 5.74) is 3.28. The summed E-state index contributed by atoms with van der Waals surface area (Å²) in [7, 11) is 5.15. The average Bonchev–Trinajstić information content (AvgIpc) is 2.93. The Hall–Kier alpha value is -2.79. The van der Waals surface area contributed by atoms with Crippen LogP contribution < -0.4 is 10.1 Å². The largest absolute Gasteiger partial charge is 0.496 e. The number of aromatic nitrogens is 1. The maximum Gasteiger partial charge on any atom is 0.272 e. The number of hydrogen-bond donors (Lipinski definition) is 1. The predicted molar refractivity (Wildman–Crippen MR) is 94.6 cm³/mol. The molecular formula is C19H20N2O3. The Morgan fingerprint density at radius 1 is 1.12 bits per heavy atom. The fourth-order valence-corrected chi connectivity index (χ4v) is 2.83. The molecule has 0 fully saturated rings. The molecule has 1 aromatic heterocycles. The Morgan fingerprint density at radius 2 is 1.92 bits per heavy atom. The van der Waals surface area contributed by atoms with Crippen LogP contribution in [0.25, 0.3) is 10.9 Å². The lowest BCUT2D eigenvalue weighted by atomic mass is 10.2. The number of rotatable bonds is 5. The molecule has 0 aliphatic rings. The molecule has 0 atom stereocenters. The van der Waals surface area contributed by atoms with Gasteiger partial charge in [0.05, 0.1) is 19.2 Å². The Labute approximate surface area is 140 Å². The lowest BCUT2D eigenvalue weighted by molar-refractivity contribution is 0.101. The fourth-order valence-electron chi connectivity index (χ4n) is 2.83. The zero-order valence-corrected chi connectivity index (χ0v) is 14.0. The van der Waals surface area contributed by atoms with E-state index >= 15 is 0 Å². The summed E-state index contributed by atoms with van der Waals surface area (Å²) in [5, 5.41) is 3.86. The van der Waals surface area contributed by atoms with Crippen LogP contribution in [0, 0.1) is 0 Å². The quantitative estimate of drug-likeness (QED) is 0.780. The zero-order chi connectivity index (χ0) is 17.1. The van der Waals surface area contributed by atoms with Crippen LogP contribution in [-0.4, -0.2) is 24.7 Å². The van der Waals surface area contributed by atoms with Gasteiger partial charge in [-0.2, -0.15) is 0 Å². The molecule has 0 aliphatic heterocycles. The highest BCUT2D eigenvalue weighted by atomic mass is 16.5. The number of fused-ring (bicyclic) bond motifs is 1. The number of hydrogen-bond acceptors (Lipinski definition) is 3. The van der Waals surface area contributed by atoms with E-state index in [1.165, 1.54) is 0 Å². The number of nitrogens with one attached hydrogen (secondary N) is 1. The highest BCUT2D eigenvalue weighted by Gasteiger charge is 2.15. The second-order valence-electron chi connectivity index (χ2n) is 5.57. The van der Waals surface area contributed by atoms with Crippen LogP contribution in [0.5, 0.6) is 5.75 Å². The summed E-state index contributed by atoms with van der Waals surface area (Å²) in [5.74, 6) is 0.592. The number of carbonyl (C=O) groups excluding carboxylic acids is 1. The molecule has 0 radical (unpaired) electrons. The van der Waals surface area contributed by atoms with Gasteiger partial charge in [0, 0.05) is 25.2 Å². The number of anilines is 1. The molecule has 124 valence electrons. The van der Waals surface area contributed by atoms with Crippen LogP contribution in [0.2, 0.25) is 0 Å². The molecule has 1 N–H and O–H groups in total. The molecule has 3 rings (SSSR count). The number of benzene rings is 2. The summed E-state index contributed by atoms with van der Waals surface area (Å²) < 4.78 is 12.4. The van der Waals surface area contributed by atoms with Crippen molar-refractivity contribution in [1.82, 2.24) is 4.57 Å². The molecule has 1 amide bonds. The Kier molecular flexibility index (Phi) is 4.53. The molecular weight excluding hydrogens is 304 g/mol. The number of methoxy groups -OCH3 is 2. The van der Waals surface area contributed by atoms with Crippen LogP contribution in [0.4, 0.5) is 5.69 Å². The standard InChI is InChI=1S/C19H20N2O3/c1-21-16-8-5-9-18(24-3)15(16)11-17(21)19(22)20-14-7-4-6-13(10-14)12-23-2/h4-11H,12H2,1-3H3,(H,20,22). The van der Waals surface area contributed by atoms with E-state index in [0.717, 1.165) is 27.9 Å². The van der Waals surface area contributed by atoms with Crippen molar-refractivity contribution in [1.29, 1.82) is 0 Å². The second kappa shape index (κ2) is 6.76. The number of ether oxygens (including phenoxy) is 2. The Morgan fingerprint density at radius 3 is 2.67 bits per heavy atom. The minimum atomic E-state index is -0.162. The predicted octanol–water partition coefficient (Wildman–Crippen LogP) is 3.59. The maximum atomic E-state index is 12.7. The van der Waals surface area contributed by atoms with Crippen molar-refractivity contribution in [3.63, 3.8) is 0 Å². The van der Waals surface area contributed by atoms with Crippen molar-refractivity contribution in [2.45, 2.75) is 6.61 Å². The van der Waals surface area contributed by atoms with E-state index in [1.54, 1.807) is 14.2 Å². The van der Waals surface area contributed by atoms with E-state index in [2.05, 4.69) is 5.32 Å². The SMILES string of the molecule is COCc1cccc(NC(=O)c2cc3c(OC)cccc3n2C)c1. The number of nitrogens with zero attached hydrogens (tertiary/aromatic N) is 1. The molecule has 0 spiro atoms. The summed E-state index contributed by atoms with van der Waals surface area (Å²) in [4.78, 5) is 12.7. The molecule has 5 heteroatoms. The van der Waals surface area contributed by atoms with Crippen molar-refractivity contribution >= 4 is 22.5 Å². The van der Waals surface area contributed by atoms with Crippen molar-refractivity contribution < 1.29 is 14.3 Å². The third-order valence-electron chi connectivity index (χ3n) is 4.00. The summed E-state index contributed by atoms with van der Waals surface area (Å²) in [6.07, 6.45) is 0. The highest BCUT2D eigenvalue weighted by Crippen LogP contribution is 2.28. The van der Waals surface area contributed by atoms with E-state index in [1.807, 2.05) is 60.1 Å². The van der Waals surface area contributed by atoms with Gasteiger partial charge in [-0.3, -0.25) is 4.79 Å². The van der Waals surface area contributed by atoms with E-state index in [0.29, 0.717) is 12.3 Å². The molecule has 24 heavy (non-hydrogen) atoms. The van der Waals surface area contributed by atoms with Gasteiger partial charge in [-0.1, -0.05) is 18.2 Å². The van der Waals surface area contributed by atoms with Gasteiger partial charge in [0.15, 0.2) is 0 Å². The monoisotopic (exact) mass is 324 g/mol. The van der Waals surface area contributed by atoms with Gasteiger partial charge in [0.2, 0.25) is 0 Å². The van der Waals surface area contributed by atoms with E-state index in [9.17, 15) is 4.79 Å². The molecule has 0 unspecified atom stereocenters. The van der Waals surface area contributed by atoms with E-state index in [-0.39, 0.29) is 5.91 Å². The first-order valence-electron chi connectivity index (χ1n) is 7.65. The molecule has 2 aromatic carbocycles. The molecule has 0 bridgehead atoms. The first-order valence-corrected chi connectivity index (χ1v) is 7.65. The Bertz CT molecular complexity index is 883. The molecule has 1 heterocycles. The number of aryl methyl sites for hydroxylation is 1. The minimum Gasteiger partial charge on any atom is -0.496 e. The van der Waals surface area contributed by atoms with Gasteiger partial charge in [0.25, 0.3) is 5.91 Å². The van der Waals surface area contributed by atoms with Gasteiger partial charge < -0.3 is 19.4 Å². The van der Waals surface area contributed by atoms with Crippen molar-refractivity contribution in [2.24, 2.45) is 7.05 Å². The number of amides is 1. The molecule has 0 aliphatic carbocycles. The number of carbonyl (C=O) groups is 1. The Balaban J connectivity index is 1.91. The fraction of sp³-hybridized carbons (Fsp3) is 0.211. The van der Waals surface area contributed by atoms with E-state index in [4.69, 9.17) is 9.47 Å². The lowest BCUT2D eigenvalue weighted by Crippen LogP contribution is -2.15. The topological polar surface area (TPSA) is 52.5 Å². The van der Waals surface area contributed by atoms with Crippen molar-refractivity contribution in [2.75, 3.05) is 19.5 Å². The molecule has 0 saturated carbocycles. The highest BCUT2D eigenvalue weighted by molar-refractivity contribution is 6.07. The normalized spacial score (nSPS) is 10.8. The van der Waals surface area contributed by atoms with Crippen molar-refractivity contribution in [3.05, 3.63) is 59.8 Å². The van der Waals surface area contributed by atoms with Gasteiger partial charge in [0.1, 0.15) is 11.4 Å². The zero-order valence-electron chi connectivity index (χ0n) is 14.0. The molecule has 0 saturated heterocycles. The first-order chi connectivity index (χ1) is 11.6. The summed E-state index contributed by atoms with van der Waals surface area (Å²) in [6.45, 7) is 0.509. The van der Waals surface area contributed by atoms with Crippen LogP contribution in [0.1, 0.15) is 16.1 Å². The first kappa shape index (κ1) is 16.1. The van der Waals surface area contributed by atoms with Gasteiger partial charge in [-0.15, -0.1) is 0 Å². The smallest absolute Gasteiger partial charge is 0.272 e. The van der Waals surface area contributed by atoms with Gasteiger partial charge in [-0.05, 0) is 35.9 Å². The summed E-state index contributed by atoms with van der Waals surface area (Å²) >= 11 is 0. The van der Waals surface area contributed by atoms with Gasteiger partial charge >= 0.3 is 0 Å². The van der Waals surface area contributed by atoms with Crippen molar-refractivity contribution in [3.8, 4) is 5.75 Å². The third kappa shape index (κ3) is 2.98. The molecule has 5 nitrogen and oxygen atoms in total. The van der Waals surface area contributed by atoms with Crippen LogP contribution in [0.15, 0.2) is 48.5 Å². The maximum absolute atomic E-state index is 12.7. The van der Waals surface area contributed by atoms with Gasteiger partial charge in [-0.25, -0.2) is 0 Å². The third-order valence-corrected chi connectivity index (χ3v) is 4.00. The molecule has 3 aromatic rings. The lowest BCUT2D eigenvalue weighted by Gasteiger charge is -2.08. The summed E-state index contributed by atoms with van der Waals surface area (Å²) in [6, 6.07) is 15.2. The van der Waals surface area contributed by atoms with E-state index < -0.39 is 0 Å². The van der Waals surface area contributed by atoms with Crippen LogP contribution >= 0.6 is 0 Å². The van der Waals surface area contributed by atoms with Crippen LogP contribution in [0.3, 0.4) is 0 Å². The second-order valence-corrected chi connectivity index (χ2v) is 5.57. The minimum absolute atomic E-state index is 0.162.